The highest BCUT2D eigenvalue weighted by atomic mass is 35.5. The zero-order valence-electron chi connectivity index (χ0n) is 10.8. The Kier molecular flexibility index (Phi) is 6.12. The molecule has 0 bridgehead atoms. The first-order valence-corrected chi connectivity index (χ1v) is 5.71. The summed E-state index contributed by atoms with van der Waals surface area (Å²) in [4.78, 5) is 11.3. The van der Waals surface area contributed by atoms with Gasteiger partial charge in [-0.2, -0.15) is 0 Å². The second-order valence-electron chi connectivity index (χ2n) is 3.25. The van der Waals surface area contributed by atoms with Crippen LogP contribution < -0.4 is 4.74 Å². The Balaban J connectivity index is 0.00000106. The summed E-state index contributed by atoms with van der Waals surface area (Å²) in [6.07, 6.45) is 0. The molecule has 1 aromatic carbocycles. The van der Waals surface area contributed by atoms with Crippen molar-refractivity contribution >= 4 is 17.4 Å². The van der Waals surface area contributed by atoms with Gasteiger partial charge in [0, 0.05) is 5.02 Å². The number of halogens is 1. The lowest BCUT2D eigenvalue weighted by molar-refractivity contribution is 0.101. The molecule has 0 aliphatic rings. The second-order valence-corrected chi connectivity index (χ2v) is 3.65. The van der Waals surface area contributed by atoms with Crippen molar-refractivity contribution in [2.24, 2.45) is 0 Å². The highest BCUT2D eigenvalue weighted by Crippen LogP contribution is 2.31. The fraction of sp³-hybridized carbons (Fsp3) is 0.462. The monoisotopic (exact) mass is 242 g/mol. The second kappa shape index (κ2) is 6.54. The number of ether oxygens (including phenoxy) is 1. The van der Waals surface area contributed by atoms with Gasteiger partial charge in [0.2, 0.25) is 0 Å². The first kappa shape index (κ1) is 15.0. The van der Waals surface area contributed by atoms with Gasteiger partial charge >= 0.3 is 0 Å². The molecule has 0 amide bonds. The van der Waals surface area contributed by atoms with Gasteiger partial charge in [-0.05, 0) is 38.0 Å². The molecule has 0 aromatic heterocycles. The standard InChI is InChI=1S/C11H13ClO2.C2H6/c1-6-7(2)11(14-4)9(8(3)13)5-10(6)12;1-2/h5H,1-4H3;1-2H3. The Morgan fingerprint density at radius 1 is 1.25 bits per heavy atom. The van der Waals surface area contributed by atoms with Gasteiger partial charge in [-0.15, -0.1) is 0 Å². The van der Waals surface area contributed by atoms with E-state index in [0.717, 1.165) is 11.1 Å². The molecule has 3 heteroatoms. The summed E-state index contributed by atoms with van der Waals surface area (Å²) < 4.78 is 5.19. The van der Waals surface area contributed by atoms with E-state index in [9.17, 15) is 4.79 Å². The number of hydrogen-bond donors (Lipinski definition) is 0. The van der Waals surface area contributed by atoms with Crippen LogP contribution in [0.5, 0.6) is 5.75 Å². The molecule has 1 aromatic rings. The Bertz CT molecular complexity index is 384. The summed E-state index contributed by atoms with van der Waals surface area (Å²) in [5.41, 5.74) is 2.42. The smallest absolute Gasteiger partial charge is 0.163 e. The molecule has 16 heavy (non-hydrogen) atoms. The van der Waals surface area contributed by atoms with Gasteiger partial charge in [0.05, 0.1) is 12.7 Å². The molecule has 0 radical (unpaired) electrons. The third-order valence-electron chi connectivity index (χ3n) is 2.36. The lowest BCUT2D eigenvalue weighted by Crippen LogP contribution is -2.01. The van der Waals surface area contributed by atoms with Crippen LogP contribution in [0.4, 0.5) is 0 Å². The predicted octanol–water partition coefficient (Wildman–Crippen LogP) is 4.19. The van der Waals surface area contributed by atoms with E-state index >= 15 is 0 Å². The van der Waals surface area contributed by atoms with E-state index in [0.29, 0.717) is 16.3 Å². The summed E-state index contributed by atoms with van der Waals surface area (Å²) in [6, 6.07) is 1.66. The maximum Gasteiger partial charge on any atom is 0.163 e. The van der Waals surface area contributed by atoms with Crippen molar-refractivity contribution in [3.05, 3.63) is 27.8 Å². The highest BCUT2D eigenvalue weighted by Gasteiger charge is 2.14. The number of benzene rings is 1. The van der Waals surface area contributed by atoms with E-state index in [1.807, 2.05) is 27.7 Å². The van der Waals surface area contributed by atoms with Gasteiger partial charge in [-0.25, -0.2) is 0 Å². The average molecular weight is 243 g/mol. The maximum absolute atomic E-state index is 11.3. The average Bonchev–Trinajstić information content (AvgIpc) is 2.28. The number of carbonyl (C=O) groups excluding carboxylic acids is 1. The van der Waals surface area contributed by atoms with Gasteiger partial charge in [-0.1, -0.05) is 25.4 Å². The topological polar surface area (TPSA) is 26.3 Å². The molecule has 2 nitrogen and oxygen atoms in total. The molecule has 0 fully saturated rings. The Hall–Kier alpha value is -1.02. The van der Waals surface area contributed by atoms with E-state index in [2.05, 4.69) is 0 Å². The van der Waals surface area contributed by atoms with Crippen molar-refractivity contribution in [1.29, 1.82) is 0 Å². The summed E-state index contributed by atoms with van der Waals surface area (Å²) in [5.74, 6) is 0.589. The summed E-state index contributed by atoms with van der Waals surface area (Å²) in [5, 5.41) is 0.605. The number of methoxy groups -OCH3 is 1. The molecule has 0 aliphatic heterocycles. The SMILES string of the molecule is CC.COc1c(C(C)=O)cc(Cl)c(C)c1C. The maximum atomic E-state index is 11.3. The normalized spacial score (nSPS) is 9.19. The van der Waals surface area contributed by atoms with E-state index in [4.69, 9.17) is 16.3 Å². The number of rotatable bonds is 2. The molecule has 0 saturated heterocycles. The lowest BCUT2D eigenvalue weighted by atomic mass is 10.0. The van der Waals surface area contributed by atoms with Crippen LogP contribution in [0.25, 0.3) is 0 Å². The van der Waals surface area contributed by atoms with Crippen LogP contribution in [-0.4, -0.2) is 12.9 Å². The van der Waals surface area contributed by atoms with Gasteiger partial charge in [0.15, 0.2) is 5.78 Å². The number of ketones is 1. The minimum Gasteiger partial charge on any atom is -0.496 e. The third kappa shape index (κ3) is 2.99. The Labute approximate surface area is 103 Å². The van der Waals surface area contributed by atoms with Crippen LogP contribution in [0.3, 0.4) is 0 Å². The minimum atomic E-state index is -0.0353. The zero-order chi connectivity index (χ0) is 12.9. The van der Waals surface area contributed by atoms with Crippen molar-refractivity contribution < 1.29 is 9.53 Å². The first-order chi connectivity index (χ1) is 7.49. The van der Waals surface area contributed by atoms with Crippen molar-refractivity contribution in [3.8, 4) is 5.75 Å². The third-order valence-corrected chi connectivity index (χ3v) is 2.75. The Morgan fingerprint density at radius 3 is 2.12 bits per heavy atom. The number of hydrogen-bond acceptors (Lipinski definition) is 2. The summed E-state index contributed by atoms with van der Waals surface area (Å²) in [7, 11) is 1.56. The van der Waals surface area contributed by atoms with Gasteiger partial charge < -0.3 is 4.74 Å². The zero-order valence-corrected chi connectivity index (χ0v) is 11.5. The van der Waals surface area contributed by atoms with Crippen LogP contribution >= 0.6 is 11.6 Å². The van der Waals surface area contributed by atoms with E-state index in [1.165, 1.54) is 6.92 Å². The molecule has 1 rings (SSSR count). The quantitative estimate of drug-likeness (QED) is 0.727. The van der Waals surface area contributed by atoms with Crippen LogP contribution in [0, 0.1) is 13.8 Å². The molecule has 0 atom stereocenters. The van der Waals surface area contributed by atoms with Gasteiger partial charge in [0.1, 0.15) is 5.75 Å². The fourth-order valence-electron chi connectivity index (χ4n) is 1.38. The van der Waals surface area contributed by atoms with E-state index < -0.39 is 0 Å². The molecular formula is C13H19ClO2. The van der Waals surface area contributed by atoms with Gasteiger partial charge in [-0.3, -0.25) is 4.79 Å². The van der Waals surface area contributed by atoms with E-state index in [-0.39, 0.29) is 5.78 Å². The molecule has 0 heterocycles. The van der Waals surface area contributed by atoms with Crippen molar-refractivity contribution in [3.63, 3.8) is 0 Å². The first-order valence-electron chi connectivity index (χ1n) is 5.33. The molecule has 90 valence electrons. The molecule has 0 unspecified atom stereocenters. The number of carbonyl (C=O) groups is 1. The summed E-state index contributed by atoms with van der Waals surface area (Å²) in [6.45, 7) is 9.31. The highest BCUT2D eigenvalue weighted by molar-refractivity contribution is 6.32. The lowest BCUT2D eigenvalue weighted by Gasteiger charge is -2.12. The molecule has 0 N–H and O–H groups in total. The molecule has 0 saturated carbocycles. The summed E-state index contributed by atoms with van der Waals surface area (Å²) >= 11 is 5.98. The molecule has 0 spiro atoms. The van der Waals surface area contributed by atoms with Crippen LogP contribution in [-0.2, 0) is 0 Å². The molecular weight excluding hydrogens is 224 g/mol. The van der Waals surface area contributed by atoms with Crippen molar-refractivity contribution in [1.82, 2.24) is 0 Å². The number of Topliss-reactive ketones (excluding diaryl/α,β-unsaturated/α-hetero) is 1. The van der Waals surface area contributed by atoms with Crippen LogP contribution in [0.1, 0.15) is 42.3 Å². The minimum absolute atomic E-state index is 0.0353. The molecule has 0 aliphatic carbocycles. The van der Waals surface area contributed by atoms with Crippen LogP contribution in [0.15, 0.2) is 6.07 Å². The fourth-order valence-corrected chi connectivity index (χ4v) is 1.63. The van der Waals surface area contributed by atoms with E-state index in [1.54, 1.807) is 13.2 Å². The van der Waals surface area contributed by atoms with Crippen molar-refractivity contribution in [2.75, 3.05) is 7.11 Å². The largest absolute Gasteiger partial charge is 0.496 e. The van der Waals surface area contributed by atoms with Gasteiger partial charge in [0.25, 0.3) is 0 Å². The Morgan fingerprint density at radius 2 is 1.75 bits per heavy atom. The van der Waals surface area contributed by atoms with Crippen molar-refractivity contribution in [2.45, 2.75) is 34.6 Å². The van der Waals surface area contributed by atoms with Crippen LogP contribution in [0.2, 0.25) is 5.02 Å². The predicted molar refractivity (Wildman–Crippen MR) is 68.8 cm³/mol.